The molecule has 0 fully saturated rings. The summed E-state index contributed by atoms with van der Waals surface area (Å²) >= 11 is 0. The first-order chi connectivity index (χ1) is 21.0. The fourth-order valence-electron chi connectivity index (χ4n) is 4.10. The van der Waals surface area contributed by atoms with E-state index >= 15 is 0 Å². The van der Waals surface area contributed by atoms with E-state index in [0.717, 1.165) is 41.5 Å². The van der Waals surface area contributed by atoms with E-state index in [4.69, 9.17) is 34.2 Å². The molecule has 2 amide bonds. The molecule has 0 bridgehead atoms. The average molecular weight is 639 g/mol. The van der Waals surface area contributed by atoms with E-state index in [1.165, 1.54) is 12.1 Å². The maximum Gasteiger partial charge on any atom is 0.303 e. The van der Waals surface area contributed by atoms with Crippen molar-refractivity contribution >= 4 is 47.6 Å². The third-order valence-corrected chi connectivity index (χ3v) is 5.68. The first-order valence-electron chi connectivity index (χ1n) is 13.6. The molecule has 16 heteroatoms. The maximum absolute atomic E-state index is 13.8. The molecule has 3 unspecified atom stereocenters. The number of primary amides is 1. The van der Waals surface area contributed by atoms with Crippen molar-refractivity contribution in [3.05, 3.63) is 34.4 Å². The molecule has 0 heterocycles. The Morgan fingerprint density at radius 2 is 1.04 bits per heavy atom. The van der Waals surface area contributed by atoms with Crippen LogP contribution in [0.2, 0.25) is 0 Å². The number of amides is 2. The molecule has 248 valence electrons. The Kier molecular flexibility index (Phi) is 15.7. The molecule has 0 saturated heterocycles. The molecule has 1 aromatic carbocycles. The van der Waals surface area contributed by atoms with E-state index in [9.17, 15) is 38.4 Å². The van der Waals surface area contributed by atoms with Gasteiger partial charge in [-0.2, -0.15) is 0 Å². The number of ether oxygens (including phenoxy) is 6. The molecule has 1 aromatic rings. The van der Waals surface area contributed by atoms with Gasteiger partial charge in [-0.15, -0.1) is 0 Å². The molecule has 0 radical (unpaired) electrons. The lowest BCUT2D eigenvalue weighted by Crippen LogP contribution is -2.39. The molecule has 0 aliphatic rings. The van der Waals surface area contributed by atoms with Gasteiger partial charge in [-0.3, -0.25) is 38.4 Å². The summed E-state index contributed by atoms with van der Waals surface area (Å²) in [4.78, 5) is 95.8. The highest BCUT2D eigenvalue weighted by molar-refractivity contribution is 6.02. The van der Waals surface area contributed by atoms with E-state index < -0.39 is 72.5 Å². The molecular weight excluding hydrogens is 600 g/mol. The fourth-order valence-corrected chi connectivity index (χ4v) is 4.10. The molecule has 0 aliphatic carbocycles. The van der Waals surface area contributed by atoms with Crippen LogP contribution >= 0.6 is 0 Å². The Morgan fingerprint density at radius 3 is 1.47 bits per heavy atom. The Labute approximate surface area is 259 Å². The molecule has 3 N–H and O–H groups in total. The molecule has 3 atom stereocenters. The molecule has 0 aromatic heterocycles. The minimum absolute atomic E-state index is 0.0195. The van der Waals surface area contributed by atoms with E-state index in [-0.39, 0.29) is 54.9 Å². The van der Waals surface area contributed by atoms with Crippen molar-refractivity contribution < 1.29 is 66.8 Å². The van der Waals surface area contributed by atoms with E-state index in [0.29, 0.717) is 0 Å². The summed E-state index contributed by atoms with van der Waals surface area (Å²) in [6.07, 6.45) is -3.89. The van der Waals surface area contributed by atoms with E-state index in [2.05, 4.69) is 5.32 Å². The minimum atomic E-state index is -1.17. The van der Waals surface area contributed by atoms with Gasteiger partial charge in [-0.05, 0) is 17.2 Å². The zero-order valence-electron chi connectivity index (χ0n) is 25.9. The van der Waals surface area contributed by atoms with Gasteiger partial charge in [-0.25, -0.2) is 0 Å². The van der Waals surface area contributed by atoms with Crippen molar-refractivity contribution in [2.45, 2.75) is 72.7 Å². The second-order valence-electron chi connectivity index (χ2n) is 9.71. The van der Waals surface area contributed by atoms with Gasteiger partial charge < -0.3 is 39.5 Å². The summed E-state index contributed by atoms with van der Waals surface area (Å²) in [5.41, 5.74) is 5.48. The Morgan fingerprint density at radius 1 is 0.622 bits per heavy atom. The van der Waals surface area contributed by atoms with Gasteiger partial charge in [0.1, 0.15) is 32.0 Å². The summed E-state index contributed by atoms with van der Waals surface area (Å²) in [6.45, 7) is 5.23. The van der Waals surface area contributed by atoms with Crippen LogP contribution in [-0.4, -0.2) is 92.3 Å². The van der Waals surface area contributed by atoms with Crippen molar-refractivity contribution in [3.8, 4) is 0 Å². The first-order valence-corrected chi connectivity index (χ1v) is 13.6. The largest absolute Gasteiger partial charge is 0.462 e. The highest BCUT2D eigenvalue weighted by Gasteiger charge is 2.29. The fraction of sp³-hybridized carbons (Fsp3) is 0.517. The number of hydrogen-bond donors (Lipinski definition) is 2. The van der Waals surface area contributed by atoms with Gasteiger partial charge in [0, 0.05) is 65.5 Å². The van der Waals surface area contributed by atoms with Crippen molar-refractivity contribution in [3.63, 3.8) is 0 Å². The number of carbonyl (C=O) groups excluding carboxylic acids is 8. The van der Waals surface area contributed by atoms with Crippen molar-refractivity contribution in [1.82, 2.24) is 5.32 Å². The molecule has 0 aliphatic heterocycles. The quantitative estimate of drug-likeness (QED) is 0.170. The SMILES string of the molecule is CC(=O)OCC(CNC(=O)c1c(CC(COC(C)=O)OC(C)=O)ccc(C(N)=O)c1CC(COC(C)=O)OC(C)=O)OC(C)=O. The van der Waals surface area contributed by atoms with Crippen LogP contribution in [0.4, 0.5) is 0 Å². The minimum Gasteiger partial charge on any atom is -0.462 e. The van der Waals surface area contributed by atoms with Gasteiger partial charge >= 0.3 is 35.8 Å². The first kappa shape index (κ1) is 38.0. The second kappa shape index (κ2) is 18.6. The summed E-state index contributed by atoms with van der Waals surface area (Å²) in [7, 11) is 0. The molecule has 1 rings (SSSR count). The zero-order valence-corrected chi connectivity index (χ0v) is 25.9. The Bertz CT molecular complexity index is 1290. The molecular formula is C29H38N2O14. The van der Waals surface area contributed by atoms with Crippen LogP contribution < -0.4 is 11.1 Å². The Hall–Kier alpha value is -5.02. The van der Waals surface area contributed by atoms with Gasteiger partial charge in [0.05, 0.1) is 6.54 Å². The number of rotatable bonds is 17. The lowest BCUT2D eigenvalue weighted by molar-refractivity contribution is -0.156. The van der Waals surface area contributed by atoms with Crippen LogP contribution in [-0.2, 0) is 70.0 Å². The van der Waals surface area contributed by atoms with Crippen molar-refractivity contribution in [1.29, 1.82) is 0 Å². The number of hydrogen-bond acceptors (Lipinski definition) is 14. The van der Waals surface area contributed by atoms with Crippen LogP contribution in [0.25, 0.3) is 0 Å². The summed E-state index contributed by atoms with van der Waals surface area (Å²) < 4.78 is 30.6. The number of benzene rings is 1. The number of esters is 6. The standard InChI is InChI=1S/C29H38N2O14/c1-15(32)40-12-22(43-18(4)35)9-21-7-8-25(28(30)38)26(10-23(44-19(5)36)13-41-16(2)33)27(21)29(39)31-11-24(45-20(6)37)14-42-17(3)34/h7-8,22-24H,9-14H2,1-6H3,(H2,30,38)(H,31,39). The van der Waals surface area contributed by atoms with E-state index in [1.807, 2.05) is 0 Å². The van der Waals surface area contributed by atoms with Gasteiger partial charge in [0.2, 0.25) is 5.91 Å². The topological polar surface area (TPSA) is 230 Å². The van der Waals surface area contributed by atoms with Gasteiger partial charge in [-0.1, -0.05) is 6.07 Å². The summed E-state index contributed by atoms with van der Waals surface area (Å²) in [5.74, 6) is -5.98. The lowest BCUT2D eigenvalue weighted by Gasteiger charge is -2.24. The van der Waals surface area contributed by atoms with E-state index in [1.54, 1.807) is 0 Å². The van der Waals surface area contributed by atoms with Crippen LogP contribution in [0.5, 0.6) is 0 Å². The third kappa shape index (κ3) is 14.8. The van der Waals surface area contributed by atoms with Crippen LogP contribution in [0.15, 0.2) is 12.1 Å². The smallest absolute Gasteiger partial charge is 0.303 e. The summed E-state index contributed by atoms with van der Waals surface area (Å²) in [6, 6.07) is 2.68. The zero-order chi connectivity index (χ0) is 34.3. The maximum atomic E-state index is 13.8. The normalized spacial score (nSPS) is 12.4. The third-order valence-electron chi connectivity index (χ3n) is 5.68. The van der Waals surface area contributed by atoms with Gasteiger partial charge in [0.15, 0.2) is 6.10 Å². The van der Waals surface area contributed by atoms with Crippen molar-refractivity contribution in [2.75, 3.05) is 26.4 Å². The molecule has 0 spiro atoms. The average Bonchev–Trinajstić information content (AvgIpc) is 2.90. The van der Waals surface area contributed by atoms with Crippen LogP contribution in [0.3, 0.4) is 0 Å². The highest BCUT2D eigenvalue weighted by atomic mass is 16.6. The number of nitrogens with two attached hydrogens (primary N) is 1. The van der Waals surface area contributed by atoms with Crippen molar-refractivity contribution in [2.24, 2.45) is 5.73 Å². The highest BCUT2D eigenvalue weighted by Crippen LogP contribution is 2.25. The molecule has 16 nitrogen and oxygen atoms in total. The molecule has 0 saturated carbocycles. The second-order valence-corrected chi connectivity index (χ2v) is 9.71. The monoisotopic (exact) mass is 638 g/mol. The van der Waals surface area contributed by atoms with Crippen LogP contribution in [0.1, 0.15) is 73.4 Å². The lowest BCUT2D eigenvalue weighted by atomic mass is 9.89. The summed E-state index contributed by atoms with van der Waals surface area (Å²) in [5, 5.41) is 2.56. The predicted molar refractivity (Wildman–Crippen MR) is 151 cm³/mol. The number of nitrogens with one attached hydrogen (secondary N) is 1. The Balaban J connectivity index is 3.75. The van der Waals surface area contributed by atoms with Gasteiger partial charge in [0.25, 0.3) is 5.91 Å². The molecule has 45 heavy (non-hydrogen) atoms. The predicted octanol–water partition coefficient (Wildman–Crippen LogP) is 0.0847. The van der Waals surface area contributed by atoms with Crippen LogP contribution in [0, 0.1) is 0 Å². The number of carbonyl (C=O) groups is 8.